The largest absolute Gasteiger partial charge is 0.494 e. The summed E-state index contributed by atoms with van der Waals surface area (Å²) < 4.78 is 5.63. The van der Waals surface area contributed by atoms with Gasteiger partial charge >= 0.3 is 0 Å². The summed E-state index contributed by atoms with van der Waals surface area (Å²) in [6.07, 6.45) is 3.06. The van der Waals surface area contributed by atoms with E-state index in [9.17, 15) is 4.79 Å². The van der Waals surface area contributed by atoms with Crippen LogP contribution in [0.5, 0.6) is 5.75 Å². The van der Waals surface area contributed by atoms with Gasteiger partial charge in [-0.3, -0.25) is 4.79 Å². The van der Waals surface area contributed by atoms with Crippen LogP contribution in [0, 0.1) is 0 Å². The number of rotatable bonds is 8. The second-order valence-corrected chi connectivity index (χ2v) is 4.81. The number of aryl methyl sites for hydroxylation is 1. The van der Waals surface area contributed by atoms with Crippen molar-refractivity contribution in [1.82, 2.24) is 4.90 Å². The van der Waals surface area contributed by atoms with E-state index in [1.165, 1.54) is 5.56 Å². The first-order chi connectivity index (χ1) is 9.17. The van der Waals surface area contributed by atoms with Crippen LogP contribution in [-0.2, 0) is 11.2 Å². The molecule has 0 aromatic heterocycles. The van der Waals surface area contributed by atoms with Gasteiger partial charge in [0.05, 0.1) is 6.61 Å². The molecule has 0 heterocycles. The van der Waals surface area contributed by atoms with E-state index in [1.54, 1.807) is 11.9 Å². The minimum absolute atomic E-state index is 0.0379. The van der Waals surface area contributed by atoms with Crippen LogP contribution in [0.3, 0.4) is 0 Å². The van der Waals surface area contributed by atoms with Gasteiger partial charge in [0, 0.05) is 13.6 Å². The van der Waals surface area contributed by atoms with E-state index in [-0.39, 0.29) is 11.8 Å². The topological polar surface area (TPSA) is 29.5 Å². The Hall–Kier alpha value is -1.22. The molecule has 1 amide bonds. The van der Waals surface area contributed by atoms with E-state index in [2.05, 4.69) is 19.1 Å². The lowest BCUT2D eigenvalue weighted by Gasteiger charge is -2.15. The first-order valence-corrected chi connectivity index (χ1v) is 7.22. The van der Waals surface area contributed by atoms with Crippen LogP contribution in [0.2, 0.25) is 0 Å². The summed E-state index contributed by atoms with van der Waals surface area (Å²) in [5, 5.41) is 0. The molecule has 0 saturated heterocycles. The molecule has 0 aliphatic heterocycles. The average Bonchev–Trinajstić information content (AvgIpc) is 2.44. The Bertz CT molecular complexity index is 378. The van der Waals surface area contributed by atoms with E-state index in [0.29, 0.717) is 13.2 Å². The van der Waals surface area contributed by atoms with Crippen molar-refractivity contribution in [3.8, 4) is 5.75 Å². The van der Waals surface area contributed by atoms with Crippen LogP contribution < -0.4 is 4.74 Å². The van der Waals surface area contributed by atoms with Gasteiger partial charge in [0.15, 0.2) is 0 Å². The zero-order valence-corrected chi connectivity index (χ0v) is 12.4. The number of hydrogen-bond acceptors (Lipinski definition) is 2. The van der Waals surface area contributed by atoms with Crippen LogP contribution in [-0.4, -0.2) is 36.9 Å². The molecule has 0 N–H and O–H groups in total. The molecule has 0 radical (unpaired) electrons. The summed E-state index contributed by atoms with van der Waals surface area (Å²) in [5.74, 6) is 0.868. The third kappa shape index (κ3) is 5.97. The highest BCUT2D eigenvalue weighted by atomic mass is 35.5. The third-order valence-electron chi connectivity index (χ3n) is 2.91. The summed E-state index contributed by atoms with van der Waals surface area (Å²) >= 11 is 5.47. The Morgan fingerprint density at radius 1 is 1.32 bits per heavy atom. The molecule has 4 heteroatoms. The van der Waals surface area contributed by atoms with E-state index >= 15 is 0 Å². The number of nitrogens with zero attached hydrogens (tertiary/aromatic N) is 1. The summed E-state index contributed by atoms with van der Waals surface area (Å²) in [6.45, 7) is 3.44. The molecule has 19 heavy (non-hydrogen) atoms. The number of hydrogen-bond donors (Lipinski definition) is 0. The Morgan fingerprint density at radius 3 is 2.58 bits per heavy atom. The lowest BCUT2D eigenvalue weighted by atomic mass is 10.1. The van der Waals surface area contributed by atoms with Crippen molar-refractivity contribution in [2.45, 2.75) is 26.2 Å². The summed E-state index contributed by atoms with van der Waals surface area (Å²) in [4.78, 5) is 12.9. The van der Waals surface area contributed by atoms with Gasteiger partial charge in [0.25, 0.3) is 0 Å². The van der Waals surface area contributed by atoms with Gasteiger partial charge in [-0.2, -0.15) is 0 Å². The van der Waals surface area contributed by atoms with Crippen LogP contribution in [0.25, 0.3) is 0 Å². The van der Waals surface area contributed by atoms with Crippen molar-refractivity contribution >= 4 is 17.5 Å². The maximum absolute atomic E-state index is 11.2. The van der Waals surface area contributed by atoms with Crippen molar-refractivity contribution in [3.05, 3.63) is 29.8 Å². The minimum Gasteiger partial charge on any atom is -0.494 e. The number of carbonyl (C=O) groups excluding carboxylic acids is 1. The molecule has 0 bridgehead atoms. The number of carbonyl (C=O) groups is 1. The third-order valence-corrected chi connectivity index (χ3v) is 3.14. The molecular weight excluding hydrogens is 262 g/mol. The van der Waals surface area contributed by atoms with E-state index in [0.717, 1.165) is 25.0 Å². The van der Waals surface area contributed by atoms with Crippen LogP contribution in [0.15, 0.2) is 24.3 Å². The fourth-order valence-corrected chi connectivity index (χ4v) is 1.96. The maximum atomic E-state index is 11.2. The number of halogens is 1. The van der Waals surface area contributed by atoms with E-state index in [1.807, 2.05) is 12.1 Å². The zero-order chi connectivity index (χ0) is 14.1. The van der Waals surface area contributed by atoms with Crippen molar-refractivity contribution < 1.29 is 9.53 Å². The fourth-order valence-electron chi connectivity index (χ4n) is 1.76. The maximum Gasteiger partial charge on any atom is 0.237 e. The number of amides is 1. The molecular formula is C15H22ClNO2. The van der Waals surface area contributed by atoms with Crippen LogP contribution in [0.1, 0.15) is 25.3 Å². The highest BCUT2D eigenvalue weighted by Crippen LogP contribution is 2.13. The smallest absolute Gasteiger partial charge is 0.237 e. The standard InChI is InChI=1S/C15H22ClNO2/c1-3-5-13-6-8-14(9-7-13)19-11-4-10-17(2)15(18)12-16/h6-9H,3-5,10-12H2,1-2H3. The van der Waals surface area contributed by atoms with Crippen molar-refractivity contribution in [2.24, 2.45) is 0 Å². The first kappa shape index (κ1) is 15.8. The predicted molar refractivity (Wildman–Crippen MR) is 78.9 cm³/mol. The minimum atomic E-state index is -0.0504. The summed E-state index contributed by atoms with van der Waals surface area (Å²) in [5.41, 5.74) is 1.34. The summed E-state index contributed by atoms with van der Waals surface area (Å²) in [7, 11) is 1.75. The quantitative estimate of drug-likeness (QED) is 0.542. The molecule has 0 atom stereocenters. The van der Waals surface area contributed by atoms with E-state index in [4.69, 9.17) is 16.3 Å². The molecule has 0 spiro atoms. The SMILES string of the molecule is CCCc1ccc(OCCCN(C)C(=O)CCl)cc1. The second kappa shape index (κ2) is 8.81. The molecule has 0 unspecified atom stereocenters. The van der Waals surface area contributed by atoms with Gasteiger partial charge in [-0.1, -0.05) is 25.5 Å². The van der Waals surface area contributed by atoms with Crippen LogP contribution in [0.4, 0.5) is 0 Å². The van der Waals surface area contributed by atoms with Crippen molar-refractivity contribution in [2.75, 3.05) is 26.1 Å². The fraction of sp³-hybridized carbons (Fsp3) is 0.533. The van der Waals surface area contributed by atoms with Gasteiger partial charge in [-0.25, -0.2) is 0 Å². The van der Waals surface area contributed by atoms with Gasteiger partial charge in [0.2, 0.25) is 5.91 Å². The molecule has 106 valence electrons. The predicted octanol–water partition coefficient (Wildman–Crippen LogP) is 3.11. The van der Waals surface area contributed by atoms with Crippen LogP contribution >= 0.6 is 11.6 Å². The normalized spacial score (nSPS) is 10.3. The highest BCUT2D eigenvalue weighted by molar-refractivity contribution is 6.27. The molecule has 0 aliphatic rings. The van der Waals surface area contributed by atoms with Crippen molar-refractivity contribution in [3.63, 3.8) is 0 Å². The first-order valence-electron chi connectivity index (χ1n) is 6.69. The lowest BCUT2D eigenvalue weighted by Crippen LogP contribution is -2.29. The molecule has 1 rings (SSSR count). The van der Waals surface area contributed by atoms with Crippen molar-refractivity contribution in [1.29, 1.82) is 0 Å². The Kier molecular flexibility index (Phi) is 7.34. The molecule has 1 aromatic carbocycles. The second-order valence-electron chi connectivity index (χ2n) is 4.54. The molecule has 0 saturated carbocycles. The lowest BCUT2D eigenvalue weighted by molar-refractivity contribution is -0.127. The molecule has 1 aromatic rings. The molecule has 0 aliphatic carbocycles. The highest BCUT2D eigenvalue weighted by Gasteiger charge is 2.05. The molecule has 3 nitrogen and oxygen atoms in total. The Morgan fingerprint density at radius 2 is 2.00 bits per heavy atom. The monoisotopic (exact) mass is 283 g/mol. The number of ether oxygens (including phenoxy) is 1. The summed E-state index contributed by atoms with van der Waals surface area (Å²) in [6, 6.07) is 8.20. The number of benzene rings is 1. The zero-order valence-electron chi connectivity index (χ0n) is 11.7. The van der Waals surface area contributed by atoms with Gasteiger partial charge < -0.3 is 9.64 Å². The van der Waals surface area contributed by atoms with Gasteiger partial charge in [0.1, 0.15) is 11.6 Å². The van der Waals surface area contributed by atoms with Gasteiger partial charge in [-0.15, -0.1) is 11.6 Å². The Balaban J connectivity index is 2.24. The number of alkyl halides is 1. The van der Waals surface area contributed by atoms with Gasteiger partial charge in [-0.05, 0) is 30.5 Å². The average molecular weight is 284 g/mol. The molecule has 0 fully saturated rings. The Labute approximate surface area is 120 Å². The van der Waals surface area contributed by atoms with E-state index < -0.39 is 0 Å².